The number of nitrogens with two attached hydrogens (primary N) is 1. The molecule has 2 aromatic heterocycles. The highest BCUT2D eigenvalue weighted by Crippen LogP contribution is 2.36. The highest BCUT2D eigenvalue weighted by molar-refractivity contribution is 9.10. The predicted octanol–water partition coefficient (Wildman–Crippen LogP) is 5.72. The fourth-order valence-corrected chi connectivity index (χ4v) is 4.50. The number of nitrogens with zero attached hydrogens (tertiary/aromatic N) is 3. The second kappa shape index (κ2) is 7.51. The molecule has 30 heavy (non-hydrogen) atoms. The maximum atomic E-state index is 13.4. The summed E-state index contributed by atoms with van der Waals surface area (Å²) < 4.78 is 3.56. The van der Waals surface area contributed by atoms with Gasteiger partial charge in [0.2, 0.25) is 5.78 Å². The van der Waals surface area contributed by atoms with Crippen molar-refractivity contribution >= 4 is 49.0 Å². The number of benzene rings is 3. The van der Waals surface area contributed by atoms with Gasteiger partial charge in [-0.25, -0.2) is 9.67 Å². The molecule has 5 rings (SSSR count). The fraction of sp³-hybridized carbons (Fsp3) is 0. The zero-order chi connectivity index (χ0) is 20.7. The highest BCUT2D eigenvalue weighted by Gasteiger charge is 2.26. The molecule has 7 heteroatoms. The van der Waals surface area contributed by atoms with E-state index in [0.717, 1.165) is 20.4 Å². The molecule has 0 aliphatic heterocycles. The molecular formula is C23H15BrN4OS. The summed E-state index contributed by atoms with van der Waals surface area (Å²) >= 11 is 4.91. The molecule has 5 aromatic rings. The summed E-state index contributed by atoms with van der Waals surface area (Å²) in [5.41, 5.74) is 9.87. The summed E-state index contributed by atoms with van der Waals surface area (Å²) in [6.07, 6.45) is 0. The Balaban J connectivity index is 1.72. The third-order valence-electron chi connectivity index (χ3n) is 4.74. The van der Waals surface area contributed by atoms with E-state index in [4.69, 9.17) is 10.8 Å². The molecule has 2 N–H and O–H groups in total. The number of carbonyl (C=O) groups excluding carboxylic acids is 1. The minimum Gasteiger partial charge on any atom is -0.395 e. The van der Waals surface area contributed by atoms with Crippen LogP contribution in [-0.4, -0.2) is 20.5 Å². The van der Waals surface area contributed by atoms with Crippen LogP contribution in [0.15, 0.2) is 83.3 Å². The van der Waals surface area contributed by atoms with E-state index < -0.39 is 0 Å². The molecule has 0 atom stereocenters. The van der Waals surface area contributed by atoms with Crippen LogP contribution in [0.1, 0.15) is 16.1 Å². The van der Waals surface area contributed by atoms with Crippen molar-refractivity contribution < 1.29 is 4.79 Å². The van der Waals surface area contributed by atoms with E-state index in [0.29, 0.717) is 27.6 Å². The first-order valence-corrected chi connectivity index (χ1v) is 10.8. The minimum atomic E-state index is -0.191. The lowest BCUT2D eigenvalue weighted by Crippen LogP contribution is -2.11. The molecule has 0 spiro atoms. The number of para-hydroxylation sites is 2. The zero-order valence-electron chi connectivity index (χ0n) is 15.6. The first-order chi connectivity index (χ1) is 14.6. The third kappa shape index (κ3) is 3.22. The maximum absolute atomic E-state index is 13.4. The van der Waals surface area contributed by atoms with Crippen LogP contribution in [-0.2, 0) is 0 Å². The Kier molecular flexibility index (Phi) is 4.69. The lowest BCUT2D eigenvalue weighted by Gasteiger charge is -2.07. The largest absolute Gasteiger partial charge is 0.395 e. The number of fused-ring (bicyclic) bond motifs is 1. The van der Waals surface area contributed by atoms with Gasteiger partial charge in [-0.3, -0.25) is 4.79 Å². The molecule has 0 unspecified atom stereocenters. The first kappa shape index (κ1) is 18.7. The molecule has 146 valence electrons. The number of aromatic nitrogens is 3. The van der Waals surface area contributed by atoms with Gasteiger partial charge < -0.3 is 5.73 Å². The second-order valence-corrected chi connectivity index (χ2v) is 8.63. The van der Waals surface area contributed by atoms with Crippen LogP contribution in [0, 0.1) is 0 Å². The lowest BCUT2D eigenvalue weighted by atomic mass is 10.1. The van der Waals surface area contributed by atoms with Gasteiger partial charge in [0.05, 0.1) is 21.6 Å². The SMILES string of the molecule is Nc1c(-c2nc3ccccc3s2)nn(-c2ccccc2)c1C(=O)c1ccc(Br)cc1. The Labute approximate surface area is 184 Å². The molecule has 0 amide bonds. The summed E-state index contributed by atoms with van der Waals surface area (Å²) in [6, 6.07) is 24.6. The molecule has 2 heterocycles. The molecule has 0 aliphatic carbocycles. The van der Waals surface area contributed by atoms with Crippen LogP contribution in [0.3, 0.4) is 0 Å². The monoisotopic (exact) mass is 474 g/mol. The Hall–Kier alpha value is -3.29. The van der Waals surface area contributed by atoms with Crippen LogP contribution < -0.4 is 5.73 Å². The number of anilines is 1. The number of nitrogen functional groups attached to an aromatic ring is 1. The van der Waals surface area contributed by atoms with Gasteiger partial charge in [-0.1, -0.05) is 46.3 Å². The maximum Gasteiger partial charge on any atom is 0.213 e. The third-order valence-corrected chi connectivity index (χ3v) is 6.31. The second-order valence-electron chi connectivity index (χ2n) is 6.68. The van der Waals surface area contributed by atoms with Crippen molar-refractivity contribution in [3.63, 3.8) is 0 Å². The molecule has 0 radical (unpaired) electrons. The summed E-state index contributed by atoms with van der Waals surface area (Å²) in [5.74, 6) is -0.191. The zero-order valence-corrected chi connectivity index (χ0v) is 18.0. The van der Waals surface area contributed by atoms with Crippen LogP contribution in [0.25, 0.3) is 26.6 Å². The van der Waals surface area contributed by atoms with Gasteiger partial charge in [-0.15, -0.1) is 11.3 Å². The lowest BCUT2D eigenvalue weighted by molar-refractivity contribution is 0.103. The van der Waals surface area contributed by atoms with Crippen molar-refractivity contribution in [2.24, 2.45) is 0 Å². The van der Waals surface area contributed by atoms with Gasteiger partial charge in [-0.05, 0) is 48.5 Å². The fourth-order valence-electron chi connectivity index (χ4n) is 3.27. The predicted molar refractivity (Wildman–Crippen MR) is 124 cm³/mol. The molecule has 0 aliphatic rings. The Morgan fingerprint density at radius 2 is 1.63 bits per heavy atom. The topological polar surface area (TPSA) is 73.8 Å². The first-order valence-electron chi connectivity index (χ1n) is 9.22. The molecule has 0 saturated heterocycles. The van der Waals surface area contributed by atoms with E-state index in [1.165, 1.54) is 11.3 Å². The van der Waals surface area contributed by atoms with E-state index >= 15 is 0 Å². The van der Waals surface area contributed by atoms with Crippen molar-refractivity contribution in [3.05, 3.63) is 94.6 Å². The molecule has 5 nitrogen and oxygen atoms in total. The van der Waals surface area contributed by atoms with Crippen molar-refractivity contribution in [3.8, 4) is 16.4 Å². The summed E-state index contributed by atoms with van der Waals surface area (Å²) in [6.45, 7) is 0. The molecule has 3 aromatic carbocycles. The van der Waals surface area contributed by atoms with E-state index in [-0.39, 0.29) is 5.78 Å². The standard InChI is InChI=1S/C23H15BrN4OS/c24-15-12-10-14(11-13-15)22(29)21-19(25)20(27-28(21)16-6-2-1-3-7-16)23-26-17-8-4-5-9-18(17)30-23/h1-13H,25H2. The number of hydrogen-bond donors (Lipinski definition) is 1. The van der Waals surface area contributed by atoms with Crippen molar-refractivity contribution in [1.82, 2.24) is 14.8 Å². The summed E-state index contributed by atoms with van der Waals surface area (Å²) in [7, 11) is 0. The van der Waals surface area contributed by atoms with E-state index in [1.807, 2.05) is 66.7 Å². The Bertz CT molecular complexity index is 1340. The average Bonchev–Trinajstić information content (AvgIpc) is 3.35. The number of carbonyl (C=O) groups is 1. The van der Waals surface area contributed by atoms with Gasteiger partial charge in [0.25, 0.3) is 0 Å². The van der Waals surface area contributed by atoms with Crippen molar-refractivity contribution in [1.29, 1.82) is 0 Å². The molecule has 0 bridgehead atoms. The van der Waals surface area contributed by atoms with E-state index in [9.17, 15) is 4.79 Å². The van der Waals surface area contributed by atoms with Gasteiger partial charge in [0.1, 0.15) is 16.4 Å². The smallest absolute Gasteiger partial charge is 0.213 e. The Morgan fingerprint density at radius 3 is 2.37 bits per heavy atom. The molecule has 0 saturated carbocycles. The Morgan fingerprint density at radius 1 is 0.933 bits per heavy atom. The highest BCUT2D eigenvalue weighted by atomic mass is 79.9. The normalized spacial score (nSPS) is 11.1. The van der Waals surface area contributed by atoms with Crippen LogP contribution in [0.2, 0.25) is 0 Å². The van der Waals surface area contributed by atoms with Crippen LogP contribution in [0.4, 0.5) is 5.69 Å². The quantitative estimate of drug-likeness (QED) is 0.337. The summed E-state index contributed by atoms with van der Waals surface area (Å²) in [4.78, 5) is 18.1. The average molecular weight is 475 g/mol. The van der Waals surface area contributed by atoms with E-state index in [1.54, 1.807) is 16.8 Å². The van der Waals surface area contributed by atoms with Gasteiger partial charge in [0.15, 0.2) is 0 Å². The number of halogens is 1. The summed E-state index contributed by atoms with van der Waals surface area (Å²) in [5, 5.41) is 5.41. The van der Waals surface area contributed by atoms with Crippen LogP contribution >= 0.6 is 27.3 Å². The van der Waals surface area contributed by atoms with E-state index in [2.05, 4.69) is 20.9 Å². The van der Waals surface area contributed by atoms with Crippen molar-refractivity contribution in [2.45, 2.75) is 0 Å². The number of rotatable bonds is 4. The van der Waals surface area contributed by atoms with Gasteiger partial charge in [-0.2, -0.15) is 5.10 Å². The van der Waals surface area contributed by atoms with Crippen LogP contribution in [0.5, 0.6) is 0 Å². The minimum absolute atomic E-state index is 0.191. The van der Waals surface area contributed by atoms with Crippen molar-refractivity contribution in [2.75, 3.05) is 5.73 Å². The molecule has 0 fully saturated rings. The molecular weight excluding hydrogens is 460 g/mol. The number of ketones is 1. The van der Waals surface area contributed by atoms with Gasteiger partial charge in [0, 0.05) is 10.0 Å². The number of hydrogen-bond acceptors (Lipinski definition) is 5. The number of thiazole rings is 1. The van der Waals surface area contributed by atoms with Gasteiger partial charge >= 0.3 is 0 Å².